The molecule has 0 aliphatic rings. The molecule has 8 heteroatoms. The molecule has 0 unspecified atom stereocenters. The summed E-state index contributed by atoms with van der Waals surface area (Å²) in [5.74, 6) is 0.257. The number of allylic oxidation sites excluding steroid dienone is 4. The van der Waals surface area contributed by atoms with Crippen LogP contribution in [0.4, 0.5) is 4.39 Å². The van der Waals surface area contributed by atoms with E-state index >= 15 is 0 Å². The minimum Gasteiger partial charge on any atom is -0.399 e. The van der Waals surface area contributed by atoms with Crippen LogP contribution in [0.5, 0.6) is 0 Å². The zero-order chi connectivity index (χ0) is 22.9. The molecule has 4 N–H and O–H groups in total. The number of benzene rings is 1. The summed E-state index contributed by atoms with van der Waals surface area (Å²) >= 11 is 0. The van der Waals surface area contributed by atoms with E-state index < -0.39 is 0 Å². The highest BCUT2D eigenvalue weighted by Crippen LogP contribution is 2.31. The average Bonchev–Trinajstić information content (AvgIpc) is 3.45. The van der Waals surface area contributed by atoms with Gasteiger partial charge in [0.2, 0.25) is 0 Å². The topological polar surface area (TPSA) is 109 Å². The maximum absolute atomic E-state index is 13.8. The summed E-state index contributed by atoms with van der Waals surface area (Å²) in [6.45, 7) is 5.63. The van der Waals surface area contributed by atoms with Crippen LogP contribution in [0.3, 0.4) is 0 Å². The number of halogens is 1. The monoisotopic (exact) mass is 437 g/mol. The molecular formula is C25H20FN7. The molecule has 0 aliphatic heterocycles. The van der Waals surface area contributed by atoms with E-state index in [-0.39, 0.29) is 5.82 Å². The fraction of sp³-hybridized carbons (Fsp3) is 0.0400. The molecule has 5 rings (SSSR count). The molecular weight excluding hydrogens is 417 g/mol. The number of fused-ring (bicyclic) bond motifs is 2. The SMILES string of the molecule is C=C/C(N)=C\C(=C/C)c1cnc2n[nH]c(-c3nc4nccc(-c5cccc(F)c5)c4[nH]3)c2c1. The van der Waals surface area contributed by atoms with E-state index in [0.717, 1.165) is 27.6 Å². The molecule has 0 spiro atoms. The molecule has 0 amide bonds. The fourth-order valence-corrected chi connectivity index (χ4v) is 3.74. The van der Waals surface area contributed by atoms with E-state index in [4.69, 9.17) is 5.73 Å². The van der Waals surface area contributed by atoms with Crippen LogP contribution < -0.4 is 5.73 Å². The molecule has 7 nitrogen and oxygen atoms in total. The van der Waals surface area contributed by atoms with Gasteiger partial charge < -0.3 is 10.7 Å². The third kappa shape index (κ3) is 3.67. The summed E-state index contributed by atoms with van der Waals surface area (Å²) in [5.41, 5.74) is 12.3. The molecule has 0 bridgehead atoms. The van der Waals surface area contributed by atoms with Gasteiger partial charge in [-0.15, -0.1) is 0 Å². The Hall–Kier alpha value is -4.59. The quantitative estimate of drug-likeness (QED) is 0.330. The molecule has 5 aromatic rings. The molecule has 0 aliphatic carbocycles. The van der Waals surface area contributed by atoms with Crippen molar-refractivity contribution in [3.8, 4) is 22.6 Å². The predicted molar refractivity (Wildman–Crippen MR) is 128 cm³/mol. The molecule has 162 valence electrons. The van der Waals surface area contributed by atoms with Crippen LogP contribution in [-0.2, 0) is 0 Å². The van der Waals surface area contributed by atoms with Gasteiger partial charge in [-0.3, -0.25) is 5.10 Å². The van der Waals surface area contributed by atoms with Crippen LogP contribution in [0.15, 0.2) is 79.3 Å². The van der Waals surface area contributed by atoms with E-state index in [1.807, 2.05) is 37.3 Å². The third-order valence-electron chi connectivity index (χ3n) is 5.38. The van der Waals surface area contributed by atoms with Crippen LogP contribution in [0, 0.1) is 5.82 Å². The van der Waals surface area contributed by atoms with Crippen molar-refractivity contribution in [3.05, 3.63) is 90.7 Å². The van der Waals surface area contributed by atoms with Crippen molar-refractivity contribution in [3.63, 3.8) is 0 Å². The molecule has 0 saturated heterocycles. The summed E-state index contributed by atoms with van der Waals surface area (Å²) in [6.07, 6.45) is 8.79. The zero-order valence-electron chi connectivity index (χ0n) is 17.8. The number of rotatable bonds is 5. The van der Waals surface area contributed by atoms with Crippen molar-refractivity contribution in [2.75, 3.05) is 0 Å². The standard InChI is InChI=1S/C25H20FN7/c1-3-14(11-18(27)4-2)16-12-20-22(32-33-23(20)29-13-16)25-30-21-19(8-9-28-24(21)31-25)15-6-5-7-17(26)10-15/h3-13H,2,27H2,1H3,(H,28,30,31)(H,29,32,33)/b14-3+,18-11+. The number of nitrogens with zero attached hydrogens (tertiary/aromatic N) is 4. The lowest BCUT2D eigenvalue weighted by Gasteiger charge is -2.04. The lowest BCUT2D eigenvalue weighted by molar-refractivity contribution is 0.628. The van der Waals surface area contributed by atoms with Gasteiger partial charge in [-0.2, -0.15) is 5.10 Å². The first kappa shape index (κ1) is 20.3. The van der Waals surface area contributed by atoms with Crippen LogP contribution in [0.2, 0.25) is 0 Å². The minimum atomic E-state index is -0.304. The highest BCUT2D eigenvalue weighted by Gasteiger charge is 2.16. The van der Waals surface area contributed by atoms with E-state index in [1.54, 1.807) is 24.5 Å². The van der Waals surface area contributed by atoms with Crippen LogP contribution in [0.25, 0.3) is 50.4 Å². The van der Waals surface area contributed by atoms with Crippen molar-refractivity contribution in [2.45, 2.75) is 6.92 Å². The second kappa shape index (κ2) is 8.16. The number of pyridine rings is 2. The lowest BCUT2D eigenvalue weighted by Crippen LogP contribution is -1.94. The maximum atomic E-state index is 13.8. The smallest absolute Gasteiger partial charge is 0.181 e. The number of imidazole rings is 1. The molecule has 0 saturated carbocycles. The Labute approximate surface area is 188 Å². The first-order valence-corrected chi connectivity index (χ1v) is 10.3. The Kier molecular flexibility index (Phi) is 5.02. The largest absolute Gasteiger partial charge is 0.399 e. The van der Waals surface area contributed by atoms with Gasteiger partial charge in [0.05, 0.1) is 10.9 Å². The van der Waals surface area contributed by atoms with Gasteiger partial charge >= 0.3 is 0 Å². The van der Waals surface area contributed by atoms with E-state index in [9.17, 15) is 4.39 Å². The lowest BCUT2D eigenvalue weighted by atomic mass is 10.0. The predicted octanol–water partition coefficient (Wildman–Crippen LogP) is 5.13. The summed E-state index contributed by atoms with van der Waals surface area (Å²) in [5, 5.41) is 8.14. The number of nitrogens with one attached hydrogen (secondary N) is 2. The van der Waals surface area contributed by atoms with E-state index in [2.05, 4.69) is 36.7 Å². The second-order valence-electron chi connectivity index (χ2n) is 7.44. The number of hydrogen-bond acceptors (Lipinski definition) is 5. The first-order valence-electron chi connectivity index (χ1n) is 10.3. The van der Waals surface area contributed by atoms with Crippen LogP contribution in [0.1, 0.15) is 12.5 Å². The number of hydrogen-bond donors (Lipinski definition) is 3. The van der Waals surface area contributed by atoms with Gasteiger partial charge in [0.25, 0.3) is 0 Å². The van der Waals surface area contributed by atoms with Crippen molar-refractivity contribution in [1.29, 1.82) is 0 Å². The fourth-order valence-electron chi connectivity index (χ4n) is 3.74. The van der Waals surface area contributed by atoms with Gasteiger partial charge in [0.1, 0.15) is 11.5 Å². The summed E-state index contributed by atoms with van der Waals surface area (Å²) in [7, 11) is 0. The summed E-state index contributed by atoms with van der Waals surface area (Å²) in [6, 6.07) is 10.2. The minimum absolute atomic E-state index is 0.304. The number of aromatic nitrogens is 6. The number of nitrogens with two attached hydrogens (primary N) is 1. The molecule has 0 radical (unpaired) electrons. The molecule has 0 fully saturated rings. The van der Waals surface area contributed by atoms with Crippen LogP contribution in [-0.4, -0.2) is 30.1 Å². The second-order valence-corrected chi connectivity index (χ2v) is 7.44. The van der Waals surface area contributed by atoms with Gasteiger partial charge in [-0.05, 0) is 54.5 Å². The molecule has 4 aromatic heterocycles. The van der Waals surface area contributed by atoms with Gasteiger partial charge in [-0.1, -0.05) is 24.8 Å². The molecule has 1 aromatic carbocycles. The van der Waals surface area contributed by atoms with Crippen molar-refractivity contribution < 1.29 is 4.39 Å². The van der Waals surface area contributed by atoms with Crippen molar-refractivity contribution >= 4 is 27.8 Å². The normalized spacial score (nSPS) is 12.5. The molecule has 33 heavy (non-hydrogen) atoms. The Balaban J connectivity index is 1.64. The van der Waals surface area contributed by atoms with Crippen LogP contribution >= 0.6 is 0 Å². The Morgan fingerprint density at radius 1 is 1.15 bits per heavy atom. The van der Waals surface area contributed by atoms with Gasteiger partial charge in [0, 0.05) is 29.2 Å². The highest BCUT2D eigenvalue weighted by atomic mass is 19.1. The number of H-pyrrole nitrogens is 2. The summed E-state index contributed by atoms with van der Waals surface area (Å²) in [4.78, 5) is 16.8. The van der Waals surface area contributed by atoms with Crippen molar-refractivity contribution in [2.24, 2.45) is 5.73 Å². The Morgan fingerprint density at radius 2 is 2.03 bits per heavy atom. The van der Waals surface area contributed by atoms with Gasteiger partial charge in [0.15, 0.2) is 17.1 Å². The Bertz CT molecular complexity index is 1570. The maximum Gasteiger partial charge on any atom is 0.181 e. The molecule has 4 heterocycles. The van der Waals surface area contributed by atoms with E-state index in [0.29, 0.717) is 34.0 Å². The summed E-state index contributed by atoms with van der Waals surface area (Å²) < 4.78 is 13.8. The van der Waals surface area contributed by atoms with Crippen molar-refractivity contribution in [1.82, 2.24) is 30.1 Å². The third-order valence-corrected chi connectivity index (χ3v) is 5.38. The molecule has 0 atom stereocenters. The number of aromatic amines is 2. The average molecular weight is 437 g/mol. The first-order chi connectivity index (χ1) is 16.1. The highest BCUT2D eigenvalue weighted by molar-refractivity contribution is 5.96. The Morgan fingerprint density at radius 3 is 2.82 bits per heavy atom. The zero-order valence-corrected chi connectivity index (χ0v) is 17.8. The van der Waals surface area contributed by atoms with E-state index in [1.165, 1.54) is 12.1 Å². The van der Waals surface area contributed by atoms with Gasteiger partial charge in [-0.25, -0.2) is 19.3 Å².